The second-order valence-electron chi connectivity index (χ2n) is 4.60. The molecule has 1 aromatic rings. The Morgan fingerprint density at radius 3 is 2.58 bits per heavy atom. The van der Waals surface area contributed by atoms with E-state index < -0.39 is 5.91 Å². The number of piperidine rings is 1. The van der Waals surface area contributed by atoms with E-state index in [1.165, 1.54) is 6.07 Å². The van der Waals surface area contributed by atoms with Gasteiger partial charge in [0.2, 0.25) is 5.91 Å². The normalized spacial score (nSPS) is 18.6. The van der Waals surface area contributed by atoms with Crippen LogP contribution in [0.4, 0.5) is 0 Å². The number of carbonyl (C=O) groups excluding carboxylic acids is 2. The molecule has 0 aliphatic carbocycles. The van der Waals surface area contributed by atoms with E-state index in [9.17, 15) is 9.59 Å². The summed E-state index contributed by atoms with van der Waals surface area (Å²) in [6.45, 7) is 1.28. The van der Waals surface area contributed by atoms with Gasteiger partial charge in [0.05, 0.1) is 0 Å². The van der Waals surface area contributed by atoms with E-state index in [0.717, 1.165) is 12.8 Å². The summed E-state index contributed by atoms with van der Waals surface area (Å²) in [5.41, 5.74) is 11.9. The standard InChI is InChI=1S/C13H17N3O2.ClH/c14-11-5-2-6-16(8-11)13(18)10-4-1-3-9(7-10)12(15)17;/h1,3-4,7,11H,2,5-6,8,14H2,(H2,15,17);1H. The van der Waals surface area contributed by atoms with Crippen LogP contribution in [-0.2, 0) is 0 Å². The van der Waals surface area contributed by atoms with Crippen LogP contribution in [0.15, 0.2) is 24.3 Å². The molecule has 0 aromatic heterocycles. The second kappa shape index (κ2) is 6.54. The van der Waals surface area contributed by atoms with Crippen LogP contribution < -0.4 is 11.5 Å². The number of rotatable bonds is 2. The molecule has 1 heterocycles. The summed E-state index contributed by atoms with van der Waals surface area (Å²) in [5.74, 6) is -0.617. The third-order valence-electron chi connectivity index (χ3n) is 3.14. The number of likely N-dealkylation sites (tertiary alicyclic amines) is 1. The summed E-state index contributed by atoms with van der Waals surface area (Å²) < 4.78 is 0. The zero-order valence-corrected chi connectivity index (χ0v) is 11.4. The maximum atomic E-state index is 12.2. The molecule has 1 atom stereocenters. The van der Waals surface area contributed by atoms with E-state index in [1.54, 1.807) is 23.1 Å². The van der Waals surface area contributed by atoms with Crippen LogP contribution in [0.5, 0.6) is 0 Å². The van der Waals surface area contributed by atoms with Gasteiger partial charge in [0, 0.05) is 30.3 Å². The van der Waals surface area contributed by atoms with Crippen molar-refractivity contribution in [1.29, 1.82) is 0 Å². The number of primary amides is 1. The molecule has 2 rings (SSSR count). The number of benzene rings is 1. The lowest BCUT2D eigenvalue weighted by Crippen LogP contribution is -2.45. The minimum atomic E-state index is -0.528. The van der Waals surface area contributed by atoms with E-state index in [-0.39, 0.29) is 24.4 Å². The lowest BCUT2D eigenvalue weighted by atomic mass is 10.0. The molecule has 1 fully saturated rings. The average molecular weight is 284 g/mol. The molecular formula is C13H18ClN3O2. The van der Waals surface area contributed by atoms with Crippen molar-refractivity contribution >= 4 is 24.2 Å². The third kappa shape index (κ3) is 3.68. The minimum absolute atomic E-state index is 0. The summed E-state index contributed by atoms with van der Waals surface area (Å²) in [6, 6.07) is 6.53. The van der Waals surface area contributed by atoms with Crippen molar-refractivity contribution in [2.75, 3.05) is 13.1 Å². The Labute approximate surface area is 118 Å². The molecule has 0 radical (unpaired) electrons. The molecule has 4 N–H and O–H groups in total. The second-order valence-corrected chi connectivity index (χ2v) is 4.60. The number of nitrogens with zero attached hydrogens (tertiary/aromatic N) is 1. The Balaban J connectivity index is 0.00000180. The molecule has 5 nitrogen and oxygen atoms in total. The van der Waals surface area contributed by atoms with E-state index in [4.69, 9.17) is 11.5 Å². The van der Waals surface area contributed by atoms with E-state index in [1.807, 2.05) is 0 Å². The van der Waals surface area contributed by atoms with Gasteiger partial charge in [-0.25, -0.2) is 0 Å². The summed E-state index contributed by atoms with van der Waals surface area (Å²) >= 11 is 0. The Bertz CT molecular complexity index is 479. The molecule has 0 spiro atoms. The summed E-state index contributed by atoms with van der Waals surface area (Å²) in [6.07, 6.45) is 1.87. The Morgan fingerprint density at radius 1 is 1.26 bits per heavy atom. The van der Waals surface area contributed by atoms with E-state index >= 15 is 0 Å². The monoisotopic (exact) mass is 283 g/mol. The van der Waals surface area contributed by atoms with Crippen LogP contribution in [0.1, 0.15) is 33.6 Å². The molecule has 0 saturated carbocycles. The maximum absolute atomic E-state index is 12.2. The number of carbonyl (C=O) groups is 2. The first kappa shape index (κ1) is 15.5. The first-order valence-corrected chi connectivity index (χ1v) is 6.02. The number of hydrogen-bond donors (Lipinski definition) is 2. The van der Waals surface area contributed by atoms with Crippen molar-refractivity contribution in [3.8, 4) is 0 Å². The van der Waals surface area contributed by atoms with Crippen LogP contribution in [0.3, 0.4) is 0 Å². The minimum Gasteiger partial charge on any atom is -0.366 e. The van der Waals surface area contributed by atoms with Crippen LogP contribution in [0.25, 0.3) is 0 Å². The average Bonchev–Trinajstić information content (AvgIpc) is 2.38. The van der Waals surface area contributed by atoms with Gasteiger partial charge in [0.15, 0.2) is 0 Å². The molecule has 1 aromatic carbocycles. The first-order valence-electron chi connectivity index (χ1n) is 6.02. The fourth-order valence-corrected chi connectivity index (χ4v) is 2.18. The molecule has 19 heavy (non-hydrogen) atoms. The van der Waals surface area contributed by atoms with Crippen molar-refractivity contribution in [2.45, 2.75) is 18.9 Å². The van der Waals surface area contributed by atoms with Gasteiger partial charge < -0.3 is 16.4 Å². The van der Waals surface area contributed by atoms with Gasteiger partial charge in [-0.1, -0.05) is 6.07 Å². The van der Waals surface area contributed by atoms with Gasteiger partial charge in [-0.05, 0) is 31.0 Å². The highest BCUT2D eigenvalue weighted by molar-refractivity contribution is 5.99. The van der Waals surface area contributed by atoms with Crippen LogP contribution in [0.2, 0.25) is 0 Å². The van der Waals surface area contributed by atoms with Crippen molar-refractivity contribution < 1.29 is 9.59 Å². The molecule has 2 amide bonds. The predicted octanol–water partition coefficient (Wildman–Crippen LogP) is 0.771. The molecule has 1 saturated heterocycles. The third-order valence-corrected chi connectivity index (χ3v) is 3.14. The van der Waals surface area contributed by atoms with Crippen molar-refractivity contribution in [2.24, 2.45) is 11.5 Å². The van der Waals surface area contributed by atoms with Crippen molar-refractivity contribution in [3.63, 3.8) is 0 Å². The van der Waals surface area contributed by atoms with Gasteiger partial charge in [0.1, 0.15) is 0 Å². The fourth-order valence-electron chi connectivity index (χ4n) is 2.18. The van der Waals surface area contributed by atoms with E-state index in [2.05, 4.69) is 0 Å². The molecular weight excluding hydrogens is 266 g/mol. The van der Waals surface area contributed by atoms with Gasteiger partial charge in [-0.3, -0.25) is 9.59 Å². The highest BCUT2D eigenvalue weighted by atomic mass is 35.5. The molecule has 1 aliphatic rings. The lowest BCUT2D eigenvalue weighted by Gasteiger charge is -2.30. The largest absolute Gasteiger partial charge is 0.366 e. The molecule has 1 aliphatic heterocycles. The Hall–Kier alpha value is -1.59. The number of halogens is 1. The maximum Gasteiger partial charge on any atom is 0.253 e. The highest BCUT2D eigenvalue weighted by Gasteiger charge is 2.22. The molecule has 1 unspecified atom stereocenters. The lowest BCUT2D eigenvalue weighted by molar-refractivity contribution is 0.0709. The van der Waals surface area contributed by atoms with Crippen molar-refractivity contribution in [3.05, 3.63) is 35.4 Å². The van der Waals surface area contributed by atoms with Gasteiger partial charge in [-0.15, -0.1) is 12.4 Å². The SMILES string of the molecule is Cl.NC(=O)c1cccc(C(=O)N2CCCC(N)C2)c1. The highest BCUT2D eigenvalue weighted by Crippen LogP contribution is 2.13. The van der Waals surface area contributed by atoms with E-state index in [0.29, 0.717) is 24.2 Å². The van der Waals surface area contributed by atoms with Crippen molar-refractivity contribution in [1.82, 2.24) is 4.90 Å². The zero-order chi connectivity index (χ0) is 13.1. The Morgan fingerprint density at radius 2 is 1.95 bits per heavy atom. The summed E-state index contributed by atoms with van der Waals surface area (Å²) in [4.78, 5) is 25.1. The predicted molar refractivity (Wildman–Crippen MR) is 75.3 cm³/mol. The van der Waals surface area contributed by atoms with Gasteiger partial charge >= 0.3 is 0 Å². The fraction of sp³-hybridized carbons (Fsp3) is 0.385. The van der Waals surface area contributed by atoms with Crippen LogP contribution in [-0.4, -0.2) is 35.8 Å². The number of hydrogen-bond acceptors (Lipinski definition) is 3. The quantitative estimate of drug-likeness (QED) is 0.840. The summed E-state index contributed by atoms with van der Waals surface area (Å²) in [7, 11) is 0. The molecule has 6 heteroatoms. The van der Waals surface area contributed by atoms with Gasteiger partial charge in [-0.2, -0.15) is 0 Å². The van der Waals surface area contributed by atoms with Crippen LogP contribution in [0, 0.1) is 0 Å². The number of nitrogens with two attached hydrogens (primary N) is 2. The first-order chi connectivity index (χ1) is 8.58. The molecule has 0 bridgehead atoms. The number of amides is 2. The smallest absolute Gasteiger partial charge is 0.253 e. The zero-order valence-electron chi connectivity index (χ0n) is 10.5. The van der Waals surface area contributed by atoms with Crippen LogP contribution >= 0.6 is 12.4 Å². The topological polar surface area (TPSA) is 89.4 Å². The summed E-state index contributed by atoms with van der Waals surface area (Å²) in [5, 5.41) is 0. The molecule has 104 valence electrons. The van der Waals surface area contributed by atoms with Gasteiger partial charge in [0.25, 0.3) is 5.91 Å². The Kier molecular flexibility index (Phi) is 5.32.